The summed E-state index contributed by atoms with van der Waals surface area (Å²) in [5.74, 6) is -0.327. The van der Waals surface area contributed by atoms with Crippen molar-refractivity contribution in [2.75, 3.05) is 6.61 Å². The van der Waals surface area contributed by atoms with Gasteiger partial charge in [-0.15, -0.1) is 0 Å². The quantitative estimate of drug-likeness (QED) is 0.165. The maximum absolute atomic E-state index is 11.7. The first-order valence-electron chi connectivity index (χ1n) is 12.6. The van der Waals surface area contributed by atoms with Gasteiger partial charge in [-0.3, -0.25) is 0 Å². The Morgan fingerprint density at radius 3 is 2.18 bits per heavy atom. The molecule has 2 heteroatoms. The molecule has 3 aromatic carbocycles. The Morgan fingerprint density at radius 1 is 0.824 bits per heavy atom. The Balaban J connectivity index is 1.79. The van der Waals surface area contributed by atoms with Gasteiger partial charge in [0.1, 0.15) is 0 Å². The molecule has 178 valence electrons. The van der Waals surface area contributed by atoms with Crippen molar-refractivity contribution < 1.29 is 9.53 Å². The minimum absolute atomic E-state index is 0.327. The summed E-state index contributed by atoms with van der Waals surface area (Å²) in [5, 5.41) is 0. The molecule has 0 atom stereocenters. The molecule has 34 heavy (non-hydrogen) atoms. The van der Waals surface area contributed by atoms with Gasteiger partial charge in [0.05, 0.1) is 6.61 Å². The molecule has 3 aromatic rings. The van der Waals surface area contributed by atoms with E-state index in [1.807, 2.05) is 0 Å². The molecule has 0 spiro atoms. The molecule has 0 saturated heterocycles. The summed E-state index contributed by atoms with van der Waals surface area (Å²) in [6, 6.07) is 22.5. The molecule has 0 radical (unpaired) electrons. The van der Waals surface area contributed by atoms with Gasteiger partial charge in [0.2, 0.25) is 0 Å². The maximum atomic E-state index is 11.7. The zero-order valence-electron chi connectivity index (χ0n) is 21.2. The van der Waals surface area contributed by atoms with Gasteiger partial charge >= 0.3 is 5.97 Å². The third kappa shape index (κ3) is 6.70. The van der Waals surface area contributed by atoms with Gasteiger partial charge in [0, 0.05) is 12.0 Å². The van der Waals surface area contributed by atoms with E-state index in [0.717, 1.165) is 12.8 Å². The highest BCUT2D eigenvalue weighted by Gasteiger charge is 2.10. The van der Waals surface area contributed by atoms with Crippen LogP contribution in [0.15, 0.2) is 72.8 Å². The van der Waals surface area contributed by atoms with E-state index in [-0.39, 0.29) is 5.97 Å². The van der Waals surface area contributed by atoms with Crippen molar-refractivity contribution in [1.82, 2.24) is 0 Å². The van der Waals surface area contributed by atoms with Crippen LogP contribution in [0.3, 0.4) is 0 Å². The Bertz CT molecular complexity index is 1120. The maximum Gasteiger partial charge on any atom is 0.333 e. The number of carbonyl (C=O) groups is 1. The standard InChI is InChI=1S/C32H38O2/c1-6-8-9-10-25-12-15-27(16-13-25)29-17-18-31(26(7-2)21-29)30-14-11-24(5)28(22-30)19-20-34-32(33)23(3)4/h11-18,21-22H,3,6-10,19-20H2,1-2,4-5H3. The molecule has 0 aliphatic heterocycles. The van der Waals surface area contributed by atoms with Gasteiger partial charge in [0.25, 0.3) is 0 Å². The van der Waals surface area contributed by atoms with Crippen LogP contribution in [-0.4, -0.2) is 12.6 Å². The second kappa shape index (κ2) is 12.4. The van der Waals surface area contributed by atoms with Crippen LogP contribution < -0.4 is 0 Å². The summed E-state index contributed by atoms with van der Waals surface area (Å²) in [7, 11) is 0. The minimum atomic E-state index is -0.327. The number of benzene rings is 3. The van der Waals surface area contributed by atoms with E-state index in [0.29, 0.717) is 18.6 Å². The lowest BCUT2D eigenvalue weighted by Gasteiger charge is -2.14. The van der Waals surface area contributed by atoms with E-state index >= 15 is 0 Å². The molecule has 0 unspecified atom stereocenters. The first-order chi connectivity index (χ1) is 16.4. The second-order valence-electron chi connectivity index (χ2n) is 9.19. The molecular formula is C32H38O2. The normalized spacial score (nSPS) is 10.8. The summed E-state index contributed by atoms with van der Waals surface area (Å²) < 4.78 is 5.31. The highest BCUT2D eigenvalue weighted by atomic mass is 16.5. The zero-order valence-corrected chi connectivity index (χ0v) is 21.2. The molecule has 0 heterocycles. The van der Waals surface area contributed by atoms with Crippen molar-refractivity contribution in [1.29, 1.82) is 0 Å². The summed E-state index contributed by atoms with van der Waals surface area (Å²) >= 11 is 0. The molecule has 0 amide bonds. The molecular weight excluding hydrogens is 416 g/mol. The van der Waals surface area contributed by atoms with Crippen molar-refractivity contribution >= 4 is 5.97 Å². The van der Waals surface area contributed by atoms with Gasteiger partial charge < -0.3 is 4.74 Å². The number of esters is 1. The fourth-order valence-corrected chi connectivity index (χ4v) is 4.28. The Labute approximate surface area is 205 Å². The molecule has 0 aliphatic carbocycles. The predicted molar refractivity (Wildman–Crippen MR) is 144 cm³/mol. The first-order valence-corrected chi connectivity index (χ1v) is 12.6. The fraction of sp³-hybridized carbons (Fsp3) is 0.344. The third-order valence-corrected chi connectivity index (χ3v) is 6.46. The average Bonchev–Trinajstić information content (AvgIpc) is 2.85. The summed E-state index contributed by atoms with van der Waals surface area (Å²) in [4.78, 5) is 11.7. The van der Waals surface area contributed by atoms with Crippen LogP contribution in [0.25, 0.3) is 22.3 Å². The monoisotopic (exact) mass is 454 g/mol. The minimum Gasteiger partial charge on any atom is -0.462 e. The van der Waals surface area contributed by atoms with E-state index < -0.39 is 0 Å². The van der Waals surface area contributed by atoms with Crippen LogP contribution in [-0.2, 0) is 28.8 Å². The number of carbonyl (C=O) groups excluding carboxylic acids is 1. The lowest BCUT2D eigenvalue weighted by molar-refractivity contribution is -0.138. The molecule has 0 N–H and O–H groups in total. The molecule has 0 bridgehead atoms. The van der Waals surface area contributed by atoms with Gasteiger partial charge in [-0.2, -0.15) is 0 Å². The number of unbranched alkanes of at least 4 members (excludes halogenated alkanes) is 2. The van der Waals surface area contributed by atoms with Crippen molar-refractivity contribution in [3.63, 3.8) is 0 Å². The SMILES string of the molecule is C=C(C)C(=O)OCCc1cc(-c2ccc(-c3ccc(CCCCC)cc3)cc2CC)ccc1C. The van der Waals surface area contributed by atoms with E-state index in [9.17, 15) is 4.79 Å². The number of hydrogen-bond donors (Lipinski definition) is 0. The number of hydrogen-bond acceptors (Lipinski definition) is 2. The van der Waals surface area contributed by atoms with Gasteiger partial charge in [-0.05, 0) is 77.6 Å². The van der Waals surface area contributed by atoms with Crippen molar-refractivity contribution in [2.45, 2.75) is 66.2 Å². The summed E-state index contributed by atoms with van der Waals surface area (Å²) in [6.45, 7) is 12.3. The van der Waals surface area contributed by atoms with Crippen molar-refractivity contribution in [2.24, 2.45) is 0 Å². The lowest BCUT2D eigenvalue weighted by atomic mass is 9.91. The van der Waals surface area contributed by atoms with Gasteiger partial charge in [-0.25, -0.2) is 4.79 Å². The molecule has 0 saturated carbocycles. The fourth-order valence-electron chi connectivity index (χ4n) is 4.28. The van der Waals surface area contributed by atoms with E-state index in [1.54, 1.807) is 6.92 Å². The van der Waals surface area contributed by atoms with E-state index in [2.05, 4.69) is 88.0 Å². The zero-order chi connectivity index (χ0) is 24.5. The van der Waals surface area contributed by atoms with Gasteiger partial charge in [0.15, 0.2) is 0 Å². The smallest absolute Gasteiger partial charge is 0.333 e. The topological polar surface area (TPSA) is 26.3 Å². The van der Waals surface area contributed by atoms with Crippen LogP contribution in [0.2, 0.25) is 0 Å². The molecule has 0 aliphatic rings. The van der Waals surface area contributed by atoms with Crippen LogP contribution in [0.4, 0.5) is 0 Å². The van der Waals surface area contributed by atoms with Crippen molar-refractivity contribution in [3.8, 4) is 22.3 Å². The largest absolute Gasteiger partial charge is 0.462 e. The number of aryl methyl sites for hydroxylation is 3. The third-order valence-electron chi connectivity index (χ3n) is 6.46. The van der Waals surface area contributed by atoms with E-state index in [1.165, 1.54) is 63.8 Å². The Kier molecular flexibility index (Phi) is 9.27. The highest BCUT2D eigenvalue weighted by Crippen LogP contribution is 2.31. The Morgan fingerprint density at radius 2 is 1.50 bits per heavy atom. The summed E-state index contributed by atoms with van der Waals surface area (Å²) in [5.41, 5.74) is 10.6. The lowest BCUT2D eigenvalue weighted by Crippen LogP contribution is -2.08. The Hall–Kier alpha value is -3.13. The average molecular weight is 455 g/mol. The molecule has 0 fully saturated rings. The van der Waals surface area contributed by atoms with Crippen LogP contribution in [0, 0.1) is 6.92 Å². The molecule has 3 rings (SSSR count). The molecule has 0 aromatic heterocycles. The predicted octanol–water partition coefficient (Wildman–Crippen LogP) is 8.29. The number of ether oxygens (including phenoxy) is 1. The van der Waals surface area contributed by atoms with Crippen molar-refractivity contribution in [3.05, 3.63) is 95.1 Å². The second-order valence-corrected chi connectivity index (χ2v) is 9.19. The van der Waals surface area contributed by atoms with Crippen LogP contribution in [0.5, 0.6) is 0 Å². The first kappa shape index (κ1) is 25.5. The van der Waals surface area contributed by atoms with Gasteiger partial charge in [-0.1, -0.05) is 93.9 Å². The van der Waals surface area contributed by atoms with Crippen LogP contribution >= 0.6 is 0 Å². The molecule has 2 nitrogen and oxygen atoms in total. The number of rotatable bonds is 11. The highest BCUT2D eigenvalue weighted by molar-refractivity contribution is 5.86. The summed E-state index contributed by atoms with van der Waals surface area (Å²) in [6.07, 6.45) is 6.65. The van der Waals surface area contributed by atoms with Crippen LogP contribution in [0.1, 0.15) is 62.3 Å². The van der Waals surface area contributed by atoms with E-state index in [4.69, 9.17) is 4.74 Å².